The number of aromatic nitrogens is 8. The summed E-state index contributed by atoms with van der Waals surface area (Å²) in [7, 11) is 1.93. The molecule has 12 nitrogen and oxygen atoms in total. The van der Waals surface area contributed by atoms with Crippen molar-refractivity contribution in [3.05, 3.63) is 96.5 Å². The number of pyridine rings is 1. The molecular weight excluding hydrogens is 570 g/mol. The van der Waals surface area contributed by atoms with Crippen LogP contribution in [0.1, 0.15) is 34.5 Å². The van der Waals surface area contributed by atoms with Crippen molar-refractivity contribution in [3.8, 4) is 22.7 Å². The second kappa shape index (κ2) is 11.4. The summed E-state index contributed by atoms with van der Waals surface area (Å²) in [5.41, 5.74) is 5.00. The van der Waals surface area contributed by atoms with Crippen LogP contribution >= 0.6 is 0 Å². The SMILES string of the molecule is Cn1cncc1-c1ccc2oc(-c3ccnc(C(=O)N4CCN([C@@H](c5ccccc5)c5nnn(C(F)F)n5)CC4)c3)nc2c1. The van der Waals surface area contributed by atoms with Crippen LogP contribution in [0.5, 0.6) is 0 Å². The molecule has 7 rings (SSSR count). The van der Waals surface area contributed by atoms with Gasteiger partial charge in [-0.1, -0.05) is 35.1 Å². The number of amides is 1. The molecule has 1 atom stereocenters. The normalized spacial score (nSPS) is 14.9. The monoisotopic (exact) mass is 596 g/mol. The van der Waals surface area contributed by atoms with Crippen molar-refractivity contribution in [2.45, 2.75) is 12.6 Å². The molecule has 1 amide bonds. The molecule has 6 aromatic rings. The quantitative estimate of drug-likeness (QED) is 0.266. The lowest BCUT2D eigenvalue weighted by Gasteiger charge is -2.38. The van der Waals surface area contributed by atoms with Gasteiger partial charge in [0.15, 0.2) is 11.4 Å². The van der Waals surface area contributed by atoms with Crippen molar-refractivity contribution >= 4 is 17.0 Å². The molecule has 222 valence electrons. The van der Waals surface area contributed by atoms with Crippen molar-refractivity contribution in [1.29, 1.82) is 0 Å². The number of rotatable bonds is 7. The molecule has 2 aromatic carbocycles. The predicted octanol–water partition coefficient (Wildman–Crippen LogP) is 4.22. The number of halogens is 2. The molecule has 4 aromatic heterocycles. The highest BCUT2D eigenvalue weighted by Gasteiger charge is 2.32. The van der Waals surface area contributed by atoms with Crippen molar-refractivity contribution in [2.75, 3.05) is 26.2 Å². The number of hydrogen-bond acceptors (Lipinski definition) is 9. The average molecular weight is 597 g/mol. The largest absolute Gasteiger partial charge is 0.436 e. The minimum atomic E-state index is -2.88. The Morgan fingerprint density at radius 3 is 2.52 bits per heavy atom. The summed E-state index contributed by atoms with van der Waals surface area (Å²) >= 11 is 0. The van der Waals surface area contributed by atoms with Crippen molar-refractivity contribution < 1.29 is 18.0 Å². The summed E-state index contributed by atoms with van der Waals surface area (Å²) < 4.78 is 34.3. The number of carbonyl (C=O) groups excluding carboxylic acids is 1. The highest BCUT2D eigenvalue weighted by atomic mass is 19.3. The summed E-state index contributed by atoms with van der Waals surface area (Å²) in [6.45, 7) is -1.14. The first kappa shape index (κ1) is 27.5. The van der Waals surface area contributed by atoms with Crippen LogP contribution in [0.25, 0.3) is 33.8 Å². The van der Waals surface area contributed by atoms with E-state index in [0.29, 0.717) is 53.5 Å². The van der Waals surface area contributed by atoms with Gasteiger partial charge in [0.25, 0.3) is 5.91 Å². The molecule has 5 heterocycles. The number of fused-ring (bicyclic) bond motifs is 1. The Kier molecular flexibility index (Phi) is 7.10. The smallest absolute Gasteiger partial charge is 0.350 e. The van der Waals surface area contributed by atoms with Gasteiger partial charge in [0.1, 0.15) is 11.2 Å². The van der Waals surface area contributed by atoms with E-state index in [9.17, 15) is 13.6 Å². The third-order valence-electron chi connectivity index (χ3n) is 7.67. The fourth-order valence-electron chi connectivity index (χ4n) is 5.46. The van der Waals surface area contributed by atoms with Gasteiger partial charge in [-0.25, -0.2) is 9.97 Å². The van der Waals surface area contributed by atoms with Crippen LogP contribution < -0.4 is 0 Å². The van der Waals surface area contributed by atoms with E-state index in [0.717, 1.165) is 16.8 Å². The zero-order valence-corrected chi connectivity index (χ0v) is 23.5. The summed E-state index contributed by atoms with van der Waals surface area (Å²) in [6.07, 6.45) is 5.10. The molecule has 0 spiro atoms. The third kappa shape index (κ3) is 5.19. The summed E-state index contributed by atoms with van der Waals surface area (Å²) in [5.74, 6) is 0.342. The first-order valence-corrected chi connectivity index (χ1v) is 13.9. The van der Waals surface area contributed by atoms with E-state index in [1.807, 2.05) is 60.1 Å². The van der Waals surface area contributed by atoms with Crippen molar-refractivity contribution in [2.24, 2.45) is 7.05 Å². The van der Waals surface area contributed by atoms with Crippen LogP contribution in [0.4, 0.5) is 8.78 Å². The first-order valence-electron chi connectivity index (χ1n) is 13.9. The summed E-state index contributed by atoms with van der Waals surface area (Å²) in [6, 6.07) is 18.1. The highest BCUT2D eigenvalue weighted by molar-refractivity contribution is 5.93. The molecule has 0 unspecified atom stereocenters. The van der Waals surface area contributed by atoms with Gasteiger partial charge in [-0.05, 0) is 41.1 Å². The van der Waals surface area contributed by atoms with Crippen LogP contribution in [0.3, 0.4) is 0 Å². The van der Waals surface area contributed by atoms with Gasteiger partial charge in [0.05, 0.1) is 24.3 Å². The van der Waals surface area contributed by atoms with Gasteiger partial charge < -0.3 is 13.9 Å². The molecule has 0 saturated carbocycles. The second-order valence-electron chi connectivity index (χ2n) is 10.4. The van der Waals surface area contributed by atoms with E-state index < -0.39 is 12.6 Å². The molecule has 0 N–H and O–H groups in total. The first-order chi connectivity index (χ1) is 21.4. The Hall–Kier alpha value is -5.37. The maximum Gasteiger partial charge on any atom is 0.350 e. The summed E-state index contributed by atoms with van der Waals surface area (Å²) in [4.78, 5) is 30.8. The predicted molar refractivity (Wildman–Crippen MR) is 154 cm³/mol. The van der Waals surface area contributed by atoms with Gasteiger partial charge in [-0.15, -0.1) is 10.2 Å². The van der Waals surface area contributed by atoms with Gasteiger partial charge in [-0.3, -0.25) is 14.7 Å². The van der Waals surface area contributed by atoms with E-state index in [4.69, 9.17) is 4.42 Å². The molecule has 14 heteroatoms. The van der Waals surface area contributed by atoms with Crippen molar-refractivity contribution in [1.82, 2.24) is 49.5 Å². The van der Waals surface area contributed by atoms with Crippen LogP contribution in [0.2, 0.25) is 0 Å². The summed E-state index contributed by atoms with van der Waals surface area (Å²) in [5, 5.41) is 11.4. The van der Waals surface area contributed by atoms with Gasteiger partial charge in [-0.2, -0.15) is 8.78 Å². The molecule has 1 fully saturated rings. The minimum absolute atomic E-state index is 0.177. The second-order valence-corrected chi connectivity index (χ2v) is 10.4. The Balaban J connectivity index is 1.08. The lowest BCUT2D eigenvalue weighted by atomic mass is 10.0. The number of piperazine rings is 1. The van der Waals surface area contributed by atoms with Crippen LogP contribution in [0, 0.1) is 0 Å². The Bertz CT molecular complexity index is 1930. The average Bonchev–Trinajstić information content (AvgIpc) is 3.82. The van der Waals surface area contributed by atoms with E-state index in [1.54, 1.807) is 35.8 Å². The molecule has 0 bridgehead atoms. The fourth-order valence-corrected chi connectivity index (χ4v) is 5.46. The zero-order valence-electron chi connectivity index (χ0n) is 23.5. The van der Waals surface area contributed by atoms with Crippen LogP contribution in [-0.2, 0) is 7.05 Å². The highest BCUT2D eigenvalue weighted by Crippen LogP contribution is 2.30. The molecule has 1 aliphatic rings. The third-order valence-corrected chi connectivity index (χ3v) is 7.67. The maximum atomic E-state index is 13.5. The number of oxazole rings is 1. The molecule has 44 heavy (non-hydrogen) atoms. The molecule has 0 aliphatic carbocycles. The number of carbonyl (C=O) groups is 1. The van der Waals surface area contributed by atoms with E-state index in [-0.39, 0.29) is 17.4 Å². The Labute approximate surface area is 249 Å². The Morgan fingerprint density at radius 2 is 1.80 bits per heavy atom. The number of nitrogens with zero attached hydrogens (tertiary/aromatic N) is 10. The lowest BCUT2D eigenvalue weighted by molar-refractivity contribution is 0.0385. The molecule has 1 aliphatic heterocycles. The lowest BCUT2D eigenvalue weighted by Crippen LogP contribution is -2.50. The number of hydrogen-bond donors (Lipinski definition) is 0. The minimum Gasteiger partial charge on any atom is -0.436 e. The fraction of sp³-hybridized carbons (Fsp3) is 0.233. The van der Waals surface area contributed by atoms with Gasteiger partial charge >= 0.3 is 6.55 Å². The molecular formula is C30H26F2N10O2. The topological polar surface area (TPSA) is 124 Å². The van der Waals surface area contributed by atoms with Crippen molar-refractivity contribution in [3.63, 3.8) is 0 Å². The number of alkyl halides is 2. The van der Waals surface area contributed by atoms with E-state index >= 15 is 0 Å². The van der Waals surface area contributed by atoms with Crippen LogP contribution in [-0.4, -0.2) is 81.6 Å². The molecule has 1 saturated heterocycles. The maximum absolute atomic E-state index is 13.5. The number of benzene rings is 2. The van der Waals surface area contributed by atoms with E-state index in [1.165, 1.54) is 0 Å². The van der Waals surface area contributed by atoms with Crippen LogP contribution in [0.15, 0.2) is 83.8 Å². The van der Waals surface area contributed by atoms with E-state index in [2.05, 4.69) is 35.3 Å². The van der Waals surface area contributed by atoms with Gasteiger partial charge in [0, 0.05) is 50.6 Å². The molecule has 0 radical (unpaired) electrons. The standard InChI is InChI=1S/C30H26F2N10O2/c1-39-18-33-17-24(39)20-7-8-25-22(15-20)35-28(44-25)21-9-10-34-23(16-21)29(43)41-13-11-40(12-14-41)26(19-5-3-2-4-6-19)27-36-38-42(37-27)30(31)32/h2-10,15-18,26,30H,11-14H2,1H3/t26-/m0/s1. The zero-order chi connectivity index (χ0) is 30.2. The van der Waals surface area contributed by atoms with Gasteiger partial charge in [0.2, 0.25) is 5.89 Å². The number of imidazole rings is 1. The number of aryl methyl sites for hydroxylation is 1. The number of tetrazole rings is 1. The Morgan fingerprint density at radius 1 is 0.977 bits per heavy atom.